The van der Waals surface area contributed by atoms with Crippen molar-refractivity contribution in [3.8, 4) is 0 Å². The fourth-order valence-corrected chi connectivity index (χ4v) is 1.95. The molecule has 1 aromatic carbocycles. The van der Waals surface area contributed by atoms with E-state index >= 15 is 0 Å². The van der Waals surface area contributed by atoms with E-state index in [9.17, 15) is 0 Å². The zero-order valence-corrected chi connectivity index (χ0v) is 11.8. The van der Waals surface area contributed by atoms with Gasteiger partial charge in [0, 0.05) is 31.0 Å². The van der Waals surface area contributed by atoms with Crippen molar-refractivity contribution < 1.29 is 0 Å². The minimum absolute atomic E-state index is 0.393. The van der Waals surface area contributed by atoms with Crippen LogP contribution in [0.3, 0.4) is 0 Å². The van der Waals surface area contributed by atoms with Crippen molar-refractivity contribution in [2.24, 2.45) is 0 Å². The molecule has 2 aromatic rings. The molecule has 1 aromatic heterocycles. The average molecular weight is 255 g/mol. The van der Waals surface area contributed by atoms with Gasteiger partial charge < -0.3 is 10.2 Å². The molecule has 0 bridgehead atoms. The molecule has 1 atom stereocenters. The highest BCUT2D eigenvalue weighted by Gasteiger charge is 2.09. The number of para-hydroxylation sites is 1. The van der Waals surface area contributed by atoms with Crippen LogP contribution in [0.5, 0.6) is 0 Å². The molecule has 0 amide bonds. The molecule has 1 N–H and O–H groups in total. The Morgan fingerprint density at radius 2 is 1.84 bits per heavy atom. The summed E-state index contributed by atoms with van der Waals surface area (Å²) in [6.07, 6.45) is 0. The van der Waals surface area contributed by atoms with Gasteiger partial charge in [-0.2, -0.15) is 0 Å². The molecule has 1 unspecified atom stereocenters. The van der Waals surface area contributed by atoms with Gasteiger partial charge in [-0.3, -0.25) is 0 Å². The standard InChI is InChI=1S/C16H21N3/c1-13-8-7-11-16(18-13)17-12-14(2)19(3)15-9-5-4-6-10-15/h4-11,14H,12H2,1-3H3,(H,17,18). The maximum Gasteiger partial charge on any atom is 0.126 e. The number of hydrogen-bond acceptors (Lipinski definition) is 3. The minimum Gasteiger partial charge on any atom is -0.370 e. The lowest BCUT2D eigenvalue weighted by Crippen LogP contribution is -2.34. The third-order valence-corrected chi connectivity index (χ3v) is 3.29. The molecule has 1 heterocycles. The first-order valence-corrected chi connectivity index (χ1v) is 6.62. The van der Waals surface area contributed by atoms with Crippen LogP contribution in [0.25, 0.3) is 0 Å². The number of aryl methyl sites for hydroxylation is 1. The van der Waals surface area contributed by atoms with E-state index in [2.05, 4.69) is 53.4 Å². The lowest BCUT2D eigenvalue weighted by atomic mass is 10.2. The highest BCUT2D eigenvalue weighted by molar-refractivity contribution is 5.46. The van der Waals surface area contributed by atoms with E-state index in [-0.39, 0.29) is 0 Å². The predicted molar refractivity (Wildman–Crippen MR) is 81.8 cm³/mol. The van der Waals surface area contributed by atoms with Gasteiger partial charge in [-0.05, 0) is 38.1 Å². The zero-order chi connectivity index (χ0) is 13.7. The number of hydrogen-bond donors (Lipinski definition) is 1. The Labute approximate surface area is 115 Å². The van der Waals surface area contributed by atoms with E-state index in [0.717, 1.165) is 18.1 Å². The molecule has 0 spiro atoms. The number of aromatic nitrogens is 1. The van der Waals surface area contributed by atoms with Gasteiger partial charge in [0.15, 0.2) is 0 Å². The van der Waals surface area contributed by atoms with Crippen LogP contribution in [0.4, 0.5) is 11.5 Å². The van der Waals surface area contributed by atoms with Crippen molar-refractivity contribution in [3.05, 3.63) is 54.2 Å². The Hall–Kier alpha value is -2.03. The van der Waals surface area contributed by atoms with Crippen LogP contribution in [0, 0.1) is 6.92 Å². The summed E-state index contributed by atoms with van der Waals surface area (Å²) >= 11 is 0. The summed E-state index contributed by atoms with van der Waals surface area (Å²) in [4.78, 5) is 6.71. The summed E-state index contributed by atoms with van der Waals surface area (Å²) < 4.78 is 0. The van der Waals surface area contributed by atoms with Gasteiger partial charge >= 0.3 is 0 Å². The second-order valence-electron chi connectivity index (χ2n) is 4.84. The molecule has 0 saturated carbocycles. The molecule has 3 nitrogen and oxygen atoms in total. The van der Waals surface area contributed by atoms with E-state index in [4.69, 9.17) is 0 Å². The molecular weight excluding hydrogens is 234 g/mol. The third-order valence-electron chi connectivity index (χ3n) is 3.29. The highest BCUT2D eigenvalue weighted by atomic mass is 15.2. The molecule has 0 aliphatic carbocycles. The van der Waals surface area contributed by atoms with Crippen LogP contribution in [0.15, 0.2) is 48.5 Å². The van der Waals surface area contributed by atoms with Crippen LogP contribution < -0.4 is 10.2 Å². The van der Waals surface area contributed by atoms with Gasteiger partial charge in [-0.25, -0.2) is 4.98 Å². The van der Waals surface area contributed by atoms with Gasteiger partial charge in [0.1, 0.15) is 5.82 Å². The lowest BCUT2D eigenvalue weighted by molar-refractivity contribution is 0.714. The zero-order valence-electron chi connectivity index (χ0n) is 11.8. The van der Waals surface area contributed by atoms with Gasteiger partial charge in [-0.15, -0.1) is 0 Å². The van der Waals surface area contributed by atoms with Crippen molar-refractivity contribution in [1.82, 2.24) is 4.98 Å². The van der Waals surface area contributed by atoms with Crippen LogP contribution in [-0.2, 0) is 0 Å². The molecule has 0 fully saturated rings. The second kappa shape index (κ2) is 6.23. The molecule has 0 radical (unpaired) electrons. The number of benzene rings is 1. The topological polar surface area (TPSA) is 28.2 Å². The number of nitrogens with zero attached hydrogens (tertiary/aromatic N) is 2. The molecule has 19 heavy (non-hydrogen) atoms. The number of anilines is 2. The summed E-state index contributed by atoms with van der Waals surface area (Å²) in [6, 6.07) is 16.8. The third kappa shape index (κ3) is 3.71. The van der Waals surface area contributed by atoms with Crippen LogP contribution in [0.1, 0.15) is 12.6 Å². The van der Waals surface area contributed by atoms with Crippen molar-refractivity contribution in [2.75, 3.05) is 23.8 Å². The highest BCUT2D eigenvalue weighted by Crippen LogP contribution is 2.14. The van der Waals surface area contributed by atoms with E-state index in [1.807, 2.05) is 31.2 Å². The Morgan fingerprint density at radius 3 is 2.53 bits per heavy atom. The Bertz CT molecular complexity index is 510. The first kappa shape index (κ1) is 13.4. The molecule has 3 heteroatoms. The maximum atomic E-state index is 4.45. The summed E-state index contributed by atoms with van der Waals surface area (Å²) in [7, 11) is 2.12. The fourth-order valence-electron chi connectivity index (χ4n) is 1.95. The van der Waals surface area contributed by atoms with Crippen LogP contribution in [0.2, 0.25) is 0 Å². The van der Waals surface area contributed by atoms with Crippen molar-refractivity contribution >= 4 is 11.5 Å². The smallest absolute Gasteiger partial charge is 0.126 e. The maximum absolute atomic E-state index is 4.45. The van der Waals surface area contributed by atoms with E-state index in [1.54, 1.807) is 0 Å². The molecule has 2 rings (SSSR count). The van der Waals surface area contributed by atoms with Crippen molar-refractivity contribution in [3.63, 3.8) is 0 Å². The number of nitrogens with one attached hydrogen (secondary N) is 1. The number of likely N-dealkylation sites (N-methyl/N-ethyl adjacent to an activating group) is 1. The Morgan fingerprint density at radius 1 is 1.11 bits per heavy atom. The first-order chi connectivity index (χ1) is 9.16. The minimum atomic E-state index is 0.393. The van der Waals surface area contributed by atoms with Gasteiger partial charge in [-0.1, -0.05) is 24.3 Å². The fraction of sp³-hybridized carbons (Fsp3) is 0.312. The summed E-state index contributed by atoms with van der Waals surface area (Å²) in [5, 5.41) is 3.38. The van der Waals surface area contributed by atoms with E-state index < -0.39 is 0 Å². The van der Waals surface area contributed by atoms with Gasteiger partial charge in [0.05, 0.1) is 0 Å². The molecule has 0 aliphatic rings. The normalized spacial score (nSPS) is 11.9. The number of rotatable bonds is 5. The van der Waals surface area contributed by atoms with Crippen LogP contribution >= 0.6 is 0 Å². The second-order valence-corrected chi connectivity index (χ2v) is 4.84. The first-order valence-electron chi connectivity index (χ1n) is 6.62. The Balaban J connectivity index is 1.92. The number of pyridine rings is 1. The van der Waals surface area contributed by atoms with E-state index in [0.29, 0.717) is 6.04 Å². The predicted octanol–water partition coefficient (Wildman–Crippen LogP) is 3.33. The molecule has 0 aliphatic heterocycles. The van der Waals surface area contributed by atoms with Crippen molar-refractivity contribution in [1.29, 1.82) is 0 Å². The lowest BCUT2D eigenvalue weighted by Gasteiger charge is -2.27. The summed E-state index contributed by atoms with van der Waals surface area (Å²) in [5.41, 5.74) is 2.27. The van der Waals surface area contributed by atoms with Gasteiger partial charge in [0.2, 0.25) is 0 Å². The van der Waals surface area contributed by atoms with Crippen LogP contribution in [-0.4, -0.2) is 24.6 Å². The summed E-state index contributed by atoms with van der Waals surface area (Å²) in [6.45, 7) is 5.07. The molecule has 0 saturated heterocycles. The average Bonchev–Trinajstić information content (AvgIpc) is 2.45. The van der Waals surface area contributed by atoms with E-state index in [1.165, 1.54) is 5.69 Å². The largest absolute Gasteiger partial charge is 0.370 e. The molecular formula is C16H21N3. The SMILES string of the molecule is Cc1cccc(NCC(C)N(C)c2ccccc2)n1. The Kier molecular flexibility index (Phi) is 4.39. The monoisotopic (exact) mass is 255 g/mol. The summed E-state index contributed by atoms with van der Waals surface area (Å²) in [5.74, 6) is 0.938. The quantitative estimate of drug-likeness (QED) is 0.888. The van der Waals surface area contributed by atoms with Crippen molar-refractivity contribution in [2.45, 2.75) is 19.9 Å². The molecule has 100 valence electrons. The van der Waals surface area contributed by atoms with Gasteiger partial charge in [0.25, 0.3) is 0 Å².